The van der Waals surface area contributed by atoms with E-state index in [1.807, 2.05) is 13.8 Å². The van der Waals surface area contributed by atoms with Crippen molar-refractivity contribution in [2.45, 2.75) is 26.6 Å². The quantitative estimate of drug-likeness (QED) is 0.692. The summed E-state index contributed by atoms with van der Waals surface area (Å²) in [6, 6.07) is 4.36. The summed E-state index contributed by atoms with van der Waals surface area (Å²) < 4.78 is 18.5. The fourth-order valence-electron chi connectivity index (χ4n) is 1.01. The van der Waals surface area contributed by atoms with E-state index in [4.69, 9.17) is 4.74 Å². The summed E-state index contributed by atoms with van der Waals surface area (Å²) in [4.78, 5) is 10.3. The maximum Gasteiger partial charge on any atom is 0.150 e. The molecule has 0 unspecified atom stereocenters. The number of rotatable bonds is 4. The summed E-state index contributed by atoms with van der Waals surface area (Å²) in [5, 5.41) is 0. The molecule has 0 fully saturated rings. The molecule has 0 bridgehead atoms. The third-order valence-corrected chi connectivity index (χ3v) is 1.79. The predicted octanol–water partition coefficient (Wildman–Crippen LogP) is 2.56. The Labute approximate surface area is 82.7 Å². The minimum Gasteiger partial charge on any atom is -0.374 e. The summed E-state index contributed by atoms with van der Waals surface area (Å²) >= 11 is 0. The van der Waals surface area contributed by atoms with Crippen LogP contribution >= 0.6 is 0 Å². The summed E-state index contributed by atoms with van der Waals surface area (Å²) in [6.45, 7) is 4.01. The van der Waals surface area contributed by atoms with Crippen LogP contribution in [-0.4, -0.2) is 12.4 Å². The van der Waals surface area contributed by atoms with Gasteiger partial charge >= 0.3 is 0 Å². The van der Waals surface area contributed by atoms with Crippen LogP contribution in [0.15, 0.2) is 18.2 Å². The first-order valence-electron chi connectivity index (χ1n) is 4.48. The van der Waals surface area contributed by atoms with E-state index in [-0.39, 0.29) is 12.7 Å². The van der Waals surface area contributed by atoms with Crippen molar-refractivity contribution < 1.29 is 13.9 Å². The molecule has 0 saturated carbocycles. The monoisotopic (exact) mass is 196 g/mol. The molecular weight excluding hydrogens is 183 g/mol. The van der Waals surface area contributed by atoms with Crippen LogP contribution in [0.1, 0.15) is 29.8 Å². The number of ether oxygens (including phenoxy) is 1. The van der Waals surface area contributed by atoms with Gasteiger partial charge < -0.3 is 4.74 Å². The number of benzene rings is 1. The van der Waals surface area contributed by atoms with Gasteiger partial charge in [-0.25, -0.2) is 4.39 Å². The molecule has 1 rings (SSSR count). The molecule has 76 valence electrons. The fourth-order valence-corrected chi connectivity index (χ4v) is 1.01. The number of carbonyl (C=O) groups is 1. The molecule has 0 N–H and O–H groups in total. The van der Waals surface area contributed by atoms with Crippen molar-refractivity contribution in [3.63, 3.8) is 0 Å². The third-order valence-electron chi connectivity index (χ3n) is 1.79. The molecule has 3 heteroatoms. The van der Waals surface area contributed by atoms with E-state index < -0.39 is 5.82 Å². The first kappa shape index (κ1) is 10.9. The highest BCUT2D eigenvalue weighted by atomic mass is 19.1. The van der Waals surface area contributed by atoms with Gasteiger partial charge in [-0.05, 0) is 19.9 Å². The molecule has 0 radical (unpaired) electrons. The third kappa shape index (κ3) is 2.92. The molecule has 14 heavy (non-hydrogen) atoms. The van der Waals surface area contributed by atoms with Crippen LogP contribution in [0.3, 0.4) is 0 Å². The SMILES string of the molecule is CC(C)OCc1ccc(C=O)cc1F. The number of aldehydes is 1. The zero-order valence-electron chi connectivity index (χ0n) is 8.29. The van der Waals surface area contributed by atoms with Crippen molar-refractivity contribution >= 4 is 6.29 Å². The lowest BCUT2D eigenvalue weighted by Crippen LogP contribution is -2.04. The molecule has 1 aromatic rings. The summed E-state index contributed by atoms with van der Waals surface area (Å²) in [5.74, 6) is -0.393. The Hall–Kier alpha value is -1.22. The number of hydrogen-bond acceptors (Lipinski definition) is 2. The molecule has 0 aliphatic rings. The van der Waals surface area contributed by atoms with Gasteiger partial charge in [0.2, 0.25) is 0 Å². The topological polar surface area (TPSA) is 26.3 Å². The molecule has 0 atom stereocenters. The van der Waals surface area contributed by atoms with Crippen LogP contribution in [0.25, 0.3) is 0 Å². The van der Waals surface area contributed by atoms with Gasteiger partial charge in [0.25, 0.3) is 0 Å². The molecule has 0 amide bonds. The molecule has 2 nitrogen and oxygen atoms in total. The van der Waals surface area contributed by atoms with E-state index in [0.29, 0.717) is 17.4 Å². The molecule has 0 aromatic heterocycles. The van der Waals surface area contributed by atoms with Gasteiger partial charge in [0, 0.05) is 11.1 Å². The van der Waals surface area contributed by atoms with E-state index in [2.05, 4.69) is 0 Å². The summed E-state index contributed by atoms with van der Waals surface area (Å²) in [5.41, 5.74) is 0.820. The number of hydrogen-bond donors (Lipinski definition) is 0. The van der Waals surface area contributed by atoms with Crippen molar-refractivity contribution in [2.24, 2.45) is 0 Å². The Morgan fingerprint density at radius 3 is 2.71 bits per heavy atom. The molecule has 1 aromatic carbocycles. The van der Waals surface area contributed by atoms with Crippen LogP contribution in [0.4, 0.5) is 4.39 Å². The normalized spacial score (nSPS) is 10.6. The van der Waals surface area contributed by atoms with Gasteiger partial charge in [-0.3, -0.25) is 4.79 Å². The second-order valence-corrected chi connectivity index (χ2v) is 3.33. The van der Waals surface area contributed by atoms with Crippen LogP contribution < -0.4 is 0 Å². The van der Waals surface area contributed by atoms with Crippen molar-refractivity contribution in [3.05, 3.63) is 35.1 Å². The fraction of sp³-hybridized carbons (Fsp3) is 0.364. The first-order chi connectivity index (χ1) is 6.63. The smallest absolute Gasteiger partial charge is 0.150 e. The van der Waals surface area contributed by atoms with Gasteiger partial charge in [0.15, 0.2) is 0 Å². The standard InChI is InChI=1S/C11H13FO2/c1-8(2)14-7-10-4-3-9(6-13)5-11(10)12/h3-6,8H,7H2,1-2H3. The van der Waals surface area contributed by atoms with E-state index in [9.17, 15) is 9.18 Å². The lowest BCUT2D eigenvalue weighted by Gasteiger charge is -2.08. The lowest BCUT2D eigenvalue weighted by molar-refractivity contribution is 0.0639. The Bertz CT molecular complexity index is 321. The van der Waals surface area contributed by atoms with Crippen molar-refractivity contribution in [2.75, 3.05) is 0 Å². The number of halogens is 1. The van der Waals surface area contributed by atoms with E-state index >= 15 is 0 Å². The zero-order valence-corrected chi connectivity index (χ0v) is 8.29. The van der Waals surface area contributed by atoms with Crippen molar-refractivity contribution in [1.82, 2.24) is 0 Å². The highest BCUT2D eigenvalue weighted by molar-refractivity contribution is 5.74. The van der Waals surface area contributed by atoms with Crippen LogP contribution in [0.2, 0.25) is 0 Å². The zero-order chi connectivity index (χ0) is 10.6. The summed E-state index contributed by atoms with van der Waals surface area (Å²) in [7, 11) is 0. The second kappa shape index (κ2) is 4.86. The molecule has 0 aliphatic carbocycles. The molecule has 0 heterocycles. The van der Waals surface area contributed by atoms with Crippen molar-refractivity contribution in [1.29, 1.82) is 0 Å². The average molecular weight is 196 g/mol. The highest BCUT2D eigenvalue weighted by Gasteiger charge is 2.04. The van der Waals surface area contributed by atoms with Crippen molar-refractivity contribution in [3.8, 4) is 0 Å². The first-order valence-corrected chi connectivity index (χ1v) is 4.48. The Kier molecular flexibility index (Phi) is 3.77. The van der Waals surface area contributed by atoms with Crippen LogP contribution in [0, 0.1) is 5.82 Å². The largest absolute Gasteiger partial charge is 0.374 e. The van der Waals surface area contributed by atoms with Gasteiger partial charge in [-0.2, -0.15) is 0 Å². The highest BCUT2D eigenvalue weighted by Crippen LogP contribution is 2.11. The molecule has 0 spiro atoms. The van der Waals surface area contributed by atoms with E-state index in [0.717, 1.165) is 0 Å². The maximum absolute atomic E-state index is 13.2. The Morgan fingerprint density at radius 1 is 1.50 bits per heavy atom. The molecular formula is C11H13FO2. The average Bonchev–Trinajstić information content (AvgIpc) is 2.15. The van der Waals surface area contributed by atoms with E-state index in [1.165, 1.54) is 6.07 Å². The van der Waals surface area contributed by atoms with Gasteiger partial charge in [0.05, 0.1) is 12.7 Å². The maximum atomic E-state index is 13.2. The number of carbonyl (C=O) groups excluding carboxylic acids is 1. The minimum absolute atomic E-state index is 0.0696. The van der Waals surface area contributed by atoms with Gasteiger partial charge in [-0.1, -0.05) is 12.1 Å². The van der Waals surface area contributed by atoms with Crippen LogP contribution in [-0.2, 0) is 11.3 Å². The van der Waals surface area contributed by atoms with Gasteiger partial charge in [-0.15, -0.1) is 0 Å². The van der Waals surface area contributed by atoms with E-state index in [1.54, 1.807) is 12.1 Å². The minimum atomic E-state index is -0.393. The van der Waals surface area contributed by atoms with Gasteiger partial charge in [0.1, 0.15) is 12.1 Å². The Balaban J connectivity index is 2.73. The molecule has 0 aliphatic heterocycles. The predicted molar refractivity (Wildman–Crippen MR) is 51.7 cm³/mol. The second-order valence-electron chi connectivity index (χ2n) is 3.33. The lowest BCUT2D eigenvalue weighted by atomic mass is 10.1. The Morgan fingerprint density at radius 2 is 2.21 bits per heavy atom. The van der Waals surface area contributed by atoms with Crippen LogP contribution in [0.5, 0.6) is 0 Å². The molecule has 0 saturated heterocycles. The summed E-state index contributed by atoms with van der Waals surface area (Å²) in [6.07, 6.45) is 0.691.